The van der Waals surface area contributed by atoms with Gasteiger partial charge >= 0.3 is 0 Å². The molecule has 0 radical (unpaired) electrons. The van der Waals surface area contributed by atoms with Gasteiger partial charge in [0, 0.05) is 31.6 Å². The molecule has 2 N–H and O–H groups in total. The van der Waals surface area contributed by atoms with E-state index in [9.17, 15) is 13.2 Å². The van der Waals surface area contributed by atoms with E-state index in [1.54, 1.807) is 0 Å². The van der Waals surface area contributed by atoms with E-state index in [1.165, 1.54) is 32.2 Å². The van der Waals surface area contributed by atoms with Gasteiger partial charge in [0.25, 0.3) is 0 Å². The van der Waals surface area contributed by atoms with Crippen LogP contribution in [0, 0.1) is 32.6 Å². The summed E-state index contributed by atoms with van der Waals surface area (Å²) < 4.78 is 28.7. The number of carbonyl (C=O) groups excluding carboxylic acids is 1. The Morgan fingerprint density at radius 3 is 2.35 bits per heavy atom. The number of benzene rings is 1. The smallest absolute Gasteiger partial charge is 0.241 e. The number of hydrogen-bond acceptors (Lipinski definition) is 4. The molecule has 1 aliphatic heterocycles. The van der Waals surface area contributed by atoms with Crippen molar-refractivity contribution in [3.05, 3.63) is 28.8 Å². The fraction of sp³-hybridized carbons (Fsp3) is 0.741. The Morgan fingerprint density at radius 2 is 1.71 bits per heavy atom. The van der Waals surface area contributed by atoms with Crippen LogP contribution in [0.15, 0.2) is 17.0 Å². The van der Waals surface area contributed by atoms with Crippen molar-refractivity contribution in [3.8, 4) is 0 Å². The first-order valence-corrected chi connectivity index (χ1v) is 14.8. The molecular formula is C27H45N3O3S. The van der Waals surface area contributed by atoms with Gasteiger partial charge in [-0.2, -0.15) is 0 Å². The molecule has 1 atom stereocenters. The third kappa shape index (κ3) is 7.28. The molecule has 0 bridgehead atoms. The predicted octanol–water partition coefficient (Wildman–Crippen LogP) is 4.47. The average molecular weight is 492 g/mol. The van der Waals surface area contributed by atoms with Crippen LogP contribution in [-0.4, -0.2) is 51.4 Å². The first kappa shape index (κ1) is 27.2. The summed E-state index contributed by atoms with van der Waals surface area (Å²) in [6.07, 6.45) is 9.64. The Hall–Kier alpha value is -1.44. The van der Waals surface area contributed by atoms with Crippen LogP contribution in [0.25, 0.3) is 0 Å². The summed E-state index contributed by atoms with van der Waals surface area (Å²) in [5, 5.41) is 3.16. The molecule has 3 rings (SSSR count). The molecule has 0 aromatic heterocycles. The minimum Gasteiger partial charge on any atom is -0.356 e. The van der Waals surface area contributed by atoms with Gasteiger partial charge in [-0.3, -0.25) is 4.79 Å². The largest absolute Gasteiger partial charge is 0.356 e. The van der Waals surface area contributed by atoms with E-state index in [-0.39, 0.29) is 17.7 Å². The van der Waals surface area contributed by atoms with E-state index < -0.39 is 10.0 Å². The van der Waals surface area contributed by atoms with Crippen molar-refractivity contribution in [2.45, 2.75) is 96.4 Å². The maximum Gasteiger partial charge on any atom is 0.241 e. The Kier molecular flexibility index (Phi) is 9.98. The molecule has 1 aromatic rings. The van der Waals surface area contributed by atoms with Gasteiger partial charge in [-0.1, -0.05) is 31.0 Å². The molecule has 1 saturated heterocycles. The molecule has 0 unspecified atom stereocenters. The number of carbonyl (C=O) groups is 1. The topological polar surface area (TPSA) is 78.5 Å². The standard InChI is InChI=1S/C27H45N3O3S/c1-5-25-9-6-7-15-30(25)16-8-14-28-27(31)24-12-10-23(11-13-24)19-29-34(32,33)26-21(3)17-20(2)18-22(26)4/h17-18,23-25,29H,5-16,19H2,1-4H3,(H,28,31)/t23?,24?,25-/m0/s1. The second kappa shape index (κ2) is 12.5. The van der Waals surface area contributed by atoms with Crippen molar-refractivity contribution in [1.29, 1.82) is 0 Å². The molecule has 2 aliphatic rings. The van der Waals surface area contributed by atoms with Crippen LogP contribution < -0.4 is 10.0 Å². The number of nitrogens with zero attached hydrogens (tertiary/aromatic N) is 1. The van der Waals surface area contributed by atoms with Gasteiger partial charge in [-0.15, -0.1) is 0 Å². The van der Waals surface area contributed by atoms with E-state index in [0.717, 1.165) is 67.9 Å². The second-order valence-electron chi connectivity index (χ2n) is 10.5. The minimum absolute atomic E-state index is 0.0628. The molecule has 0 spiro atoms. The number of amides is 1. The fourth-order valence-electron chi connectivity index (χ4n) is 5.97. The van der Waals surface area contributed by atoms with E-state index in [1.807, 2.05) is 32.9 Å². The molecule has 1 saturated carbocycles. The summed E-state index contributed by atoms with van der Waals surface area (Å²) >= 11 is 0. The third-order valence-corrected chi connectivity index (χ3v) is 9.52. The van der Waals surface area contributed by atoms with Crippen molar-refractivity contribution in [2.24, 2.45) is 11.8 Å². The van der Waals surface area contributed by atoms with E-state index >= 15 is 0 Å². The molecular weight excluding hydrogens is 446 g/mol. The van der Waals surface area contributed by atoms with Gasteiger partial charge in [0.05, 0.1) is 4.90 Å². The van der Waals surface area contributed by atoms with Crippen LogP contribution in [-0.2, 0) is 14.8 Å². The van der Waals surface area contributed by atoms with Crippen molar-refractivity contribution < 1.29 is 13.2 Å². The van der Waals surface area contributed by atoms with Crippen molar-refractivity contribution in [1.82, 2.24) is 14.9 Å². The molecule has 1 aromatic carbocycles. The Morgan fingerprint density at radius 1 is 1.03 bits per heavy atom. The number of likely N-dealkylation sites (tertiary alicyclic amines) is 1. The lowest BCUT2D eigenvalue weighted by Gasteiger charge is -2.35. The third-order valence-electron chi connectivity index (χ3n) is 7.79. The van der Waals surface area contributed by atoms with Crippen molar-refractivity contribution >= 4 is 15.9 Å². The number of hydrogen-bond donors (Lipinski definition) is 2. The number of piperidine rings is 1. The van der Waals surface area contributed by atoms with Crippen LogP contribution in [0.1, 0.15) is 81.4 Å². The molecule has 1 aliphatic carbocycles. The average Bonchev–Trinajstić information content (AvgIpc) is 2.80. The van der Waals surface area contributed by atoms with Crippen LogP contribution in [0.3, 0.4) is 0 Å². The number of rotatable bonds is 10. The Balaban J connectivity index is 1.37. The quantitative estimate of drug-likeness (QED) is 0.474. The highest BCUT2D eigenvalue weighted by atomic mass is 32.2. The molecule has 34 heavy (non-hydrogen) atoms. The normalized spacial score (nSPS) is 24.2. The monoisotopic (exact) mass is 491 g/mol. The molecule has 1 amide bonds. The zero-order chi connectivity index (χ0) is 24.7. The SMILES string of the molecule is CC[C@H]1CCCCN1CCCNC(=O)C1CCC(CNS(=O)(=O)c2c(C)cc(C)cc2C)CC1. The van der Waals surface area contributed by atoms with Crippen LogP contribution in [0.4, 0.5) is 0 Å². The lowest BCUT2D eigenvalue weighted by atomic mass is 9.81. The number of nitrogens with one attached hydrogen (secondary N) is 2. The van der Waals surface area contributed by atoms with Crippen LogP contribution in [0.2, 0.25) is 0 Å². The lowest BCUT2D eigenvalue weighted by Crippen LogP contribution is -2.41. The Bertz CT molecular complexity index is 900. The molecule has 192 valence electrons. The first-order chi connectivity index (χ1) is 16.2. The summed E-state index contributed by atoms with van der Waals surface area (Å²) in [7, 11) is -3.53. The minimum atomic E-state index is -3.53. The zero-order valence-electron chi connectivity index (χ0n) is 21.7. The lowest BCUT2D eigenvalue weighted by molar-refractivity contribution is -0.126. The van der Waals surface area contributed by atoms with Gasteiger partial charge in [0.2, 0.25) is 15.9 Å². The number of aryl methyl sites for hydroxylation is 3. The van der Waals surface area contributed by atoms with E-state index in [4.69, 9.17) is 0 Å². The molecule has 6 nitrogen and oxygen atoms in total. The van der Waals surface area contributed by atoms with Gasteiger partial charge in [0.1, 0.15) is 0 Å². The highest BCUT2D eigenvalue weighted by Gasteiger charge is 2.28. The van der Waals surface area contributed by atoms with Gasteiger partial charge in [0.15, 0.2) is 0 Å². The highest BCUT2D eigenvalue weighted by Crippen LogP contribution is 2.29. The summed E-state index contributed by atoms with van der Waals surface area (Å²) in [6.45, 7) is 11.4. The summed E-state index contributed by atoms with van der Waals surface area (Å²) in [5.41, 5.74) is 2.65. The first-order valence-electron chi connectivity index (χ1n) is 13.3. The van der Waals surface area contributed by atoms with Gasteiger partial charge < -0.3 is 10.2 Å². The fourth-order valence-corrected chi connectivity index (χ4v) is 7.54. The van der Waals surface area contributed by atoms with Crippen molar-refractivity contribution in [3.63, 3.8) is 0 Å². The van der Waals surface area contributed by atoms with E-state index in [0.29, 0.717) is 11.4 Å². The van der Waals surface area contributed by atoms with Gasteiger partial charge in [-0.25, -0.2) is 13.1 Å². The zero-order valence-corrected chi connectivity index (χ0v) is 22.5. The second-order valence-corrected chi connectivity index (χ2v) is 12.2. The van der Waals surface area contributed by atoms with E-state index in [2.05, 4.69) is 21.9 Å². The summed E-state index contributed by atoms with van der Waals surface area (Å²) in [6, 6.07) is 4.55. The predicted molar refractivity (Wildman–Crippen MR) is 138 cm³/mol. The maximum absolute atomic E-state index is 12.9. The highest BCUT2D eigenvalue weighted by molar-refractivity contribution is 7.89. The summed E-state index contributed by atoms with van der Waals surface area (Å²) in [5.74, 6) is 0.526. The molecule has 7 heteroatoms. The van der Waals surface area contributed by atoms with Gasteiger partial charge in [-0.05, 0) is 95.7 Å². The van der Waals surface area contributed by atoms with Crippen molar-refractivity contribution in [2.75, 3.05) is 26.2 Å². The van der Waals surface area contributed by atoms with Crippen LogP contribution in [0.5, 0.6) is 0 Å². The van der Waals surface area contributed by atoms with Crippen LogP contribution >= 0.6 is 0 Å². The molecule has 1 heterocycles. The Labute approximate surface area is 207 Å². The maximum atomic E-state index is 12.9. The number of sulfonamides is 1. The summed E-state index contributed by atoms with van der Waals surface area (Å²) in [4.78, 5) is 15.6. The molecule has 2 fully saturated rings.